The number of rotatable bonds is 2. The first-order valence-corrected chi connectivity index (χ1v) is 4.90. The van der Waals surface area contributed by atoms with Gasteiger partial charge in [-0.05, 0) is 6.07 Å². The van der Waals surface area contributed by atoms with Crippen LogP contribution in [0.4, 0.5) is 0 Å². The average Bonchev–Trinajstić information content (AvgIpc) is 2.26. The van der Waals surface area contributed by atoms with Crippen LogP contribution >= 0.6 is 0 Å². The second-order valence-corrected chi connectivity index (χ2v) is 3.39. The van der Waals surface area contributed by atoms with Crippen molar-refractivity contribution < 1.29 is 18.7 Å². The van der Waals surface area contributed by atoms with E-state index in [1.807, 2.05) is 0 Å². The molecular formula is C12H10O5. The molecule has 0 radical (unpaired) electrons. The van der Waals surface area contributed by atoms with E-state index in [1.54, 1.807) is 12.1 Å². The molecule has 0 N–H and O–H groups in total. The summed E-state index contributed by atoms with van der Waals surface area (Å²) in [5.41, 5.74) is -0.160. The number of hydrogen-bond donors (Lipinski definition) is 0. The Balaban J connectivity index is 2.66. The molecule has 0 bridgehead atoms. The fourth-order valence-electron chi connectivity index (χ4n) is 1.51. The molecule has 5 heteroatoms. The van der Waals surface area contributed by atoms with Gasteiger partial charge in [-0.15, -0.1) is 0 Å². The van der Waals surface area contributed by atoms with Crippen molar-refractivity contribution in [1.82, 2.24) is 0 Å². The molecule has 0 atom stereocenters. The van der Waals surface area contributed by atoms with Crippen molar-refractivity contribution in [2.45, 2.75) is 6.92 Å². The fraction of sp³-hybridized carbons (Fsp3) is 0.167. The second kappa shape index (κ2) is 4.29. The molecule has 2 aromatic rings. The Morgan fingerprint density at radius 2 is 2.06 bits per heavy atom. The first kappa shape index (κ1) is 11.2. The first-order chi connectivity index (χ1) is 8.10. The van der Waals surface area contributed by atoms with E-state index in [-0.39, 0.29) is 5.75 Å². The molecule has 0 saturated heterocycles. The van der Waals surface area contributed by atoms with E-state index in [1.165, 1.54) is 26.2 Å². The van der Waals surface area contributed by atoms with E-state index >= 15 is 0 Å². The van der Waals surface area contributed by atoms with Crippen LogP contribution in [0.25, 0.3) is 11.0 Å². The Kier molecular flexibility index (Phi) is 2.82. The van der Waals surface area contributed by atoms with E-state index in [0.29, 0.717) is 16.7 Å². The Hall–Kier alpha value is -2.30. The van der Waals surface area contributed by atoms with E-state index in [4.69, 9.17) is 13.9 Å². The third kappa shape index (κ3) is 2.28. The molecule has 0 fully saturated rings. The van der Waals surface area contributed by atoms with Crippen molar-refractivity contribution in [3.05, 3.63) is 34.7 Å². The van der Waals surface area contributed by atoms with Crippen LogP contribution in [0.5, 0.6) is 11.5 Å². The largest absolute Gasteiger partial charge is 0.496 e. The lowest BCUT2D eigenvalue weighted by molar-refractivity contribution is -0.131. The normalized spacial score (nSPS) is 10.2. The summed E-state index contributed by atoms with van der Waals surface area (Å²) in [6.45, 7) is 1.29. The quantitative estimate of drug-likeness (QED) is 0.449. The number of ether oxygens (including phenoxy) is 2. The van der Waals surface area contributed by atoms with Crippen LogP contribution in [-0.2, 0) is 4.79 Å². The molecule has 0 unspecified atom stereocenters. The second-order valence-electron chi connectivity index (χ2n) is 3.39. The van der Waals surface area contributed by atoms with Gasteiger partial charge in [0, 0.05) is 25.1 Å². The number of fused-ring (bicyclic) bond motifs is 1. The predicted octanol–water partition coefficient (Wildman–Crippen LogP) is 1.73. The Morgan fingerprint density at radius 1 is 1.29 bits per heavy atom. The minimum atomic E-state index is -0.473. The summed E-state index contributed by atoms with van der Waals surface area (Å²) in [4.78, 5) is 22.0. The molecule has 2 rings (SSSR count). The van der Waals surface area contributed by atoms with E-state index in [9.17, 15) is 9.59 Å². The summed E-state index contributed by atoms with van der Waals surface area (Å²) in [6.07, 6.45) is 0. The van der Waals surface area contributed by atoms with Gasteiger partial charge in [0.05, 0.1) is 12.5 Å². The molecule has 0 spiro atoms. The topological polar surface area (TPSA) is 65.7 Å². The first-order valence-electron chi connectivity index (χ1n) is 4.90. The standard InChI is InChI=1S/C12H10O5/c1-7(13)16-8-5-10(15-2)9-3-4-12(14)17-11(9)6-8/h3-6H,1-2H3. The number of hydrogen-bond acceptors (Lipinski definition) is 5. The van der Waals surface area contributed by atoms with Gasteiger partial charge < -0.3 is 13.9 Å². The van der Waals surface area contributed by atoms with E-state index in [0.717, 1.165) is 0 Å². The van der Waals surface area contributed by atoms with Gasteiger partial charge in [0.2, 0.25) is 0 Å². The zero-order valence-corrected chi connectivity index (χ0v) is 9.35. The maximum absolute atomic E-state index is 11.1. The maximum atomic E-state index is 11.1. The summed E-state index contributed by atoms with van der Waals surface area (Å²) < 4.78 is 15.1. The highest BCUT2D eigenvalue weighted by Crippen LogP contribution is 2.30. The zero-order valence-electron chi connectivity index (χ0n) is 9.35. The molecule has 5 nitrogen and oxygen atoms in total. The molecule has 0 aliphatic heterocycles. The monoisotopic (exact) mass is 234 g/mol. The number of carbonyl (C=O) groups is 1. The van der Waals surface area contributed by atoms with Crippen molar-refractivity contribution >= 4 is 16.9 Å². The van der Waals surface area contributed by atoms with Gasteiger partial charge in [-0.1, -0.05) is 0 Å². The van der Waals surface area contributed by atoms with Crippen LogP contribution in [0.2, 0.25) is 0 Å². The van der Waals surface area contributed by atoms with Crippen molar-refractivity contribution in [2.24, 2.45) is 0 Å². The Morgan fingerprint density at radius 3 is 2.71 bits per heavy atom. The van der Waals surface area contributed by atoms with Crippen molar-refractivity contribution in [3.8, 4) is 11.5 Å². The fourth-order valence-corrected chi connectivity index (χ4v) is 1.51. The molecule has 0 aliphatic rings. The molecule has 0 aliphatic carbocycles. The smallest absolute Gasteiger partial charge is 0.336 e. The minimum Gasteiger partial charge on any atom is -0.496 e. The highest BCUT2D eigenvalue weighted by atomic mass is 16.5. The van der Waals surface area contributed by atoms with Crippen LogP contribution in [0.3, 0.4) is 0 Å². The van der Waals surface area contributed by atoms with E-state index < -0.39 is 11.6 Å². The Bertz CT molecular complexity index is 626. The summed E-state index contributed by atoms with van der Waals surface area (Å²) >= 11 is 0. The Labute approximate surface area is 96.6 Å². The molecule has 1 aromatic heterocycles. The zero-order chi connectivity index (χ0) is 12.4. The minimum absolute atomic E-state index is 0.274. The van der Waals surface area contributed by atoms with Crippen LogP contribution in [-0.4, -0.2) is 13.1 Å². The average molecular weight is 234 g/mol. The molecule has 17 heavy (non-hydrogen) atoms. The lowest BCUT2D eigenvalue weighted by atomic mass is 10.2. The van der Waals surface area contributed by atoms with Crippen molar-refractivity contribution in [3.63, 3.8) is 0 Å². The maximum Gasteiger partial charge on any atom is 0.336 e. The van der Waals surface area contributed by atoms with Crippen molar-refractivity contribution in [2.75, 3.05) is 7.11 Å². The third-order valence-corrected chi connectivity index (χ3v) is 2.16. The predicted molar refractivity (Wildman–Crippen MR) is 60.3 cm³/mol. The summed E-state index contributed by atoms with van der Waals surface area (Å²) in [5.74, 6) is 0.295. The lowest BCUT2D eigenvalue weighted by Crippen LogP contribution is -2.02. The number of methoxy groups -OCH3 is 1. The third-order valence-electron chi connectivity index (χ3n) is 2.16. The van der Waals surface area contributed by atoms with Crippen LogP contribution in [0.1, 0.15) is 6.92 Å². The number of carbonyl (C=O) groups excluding carboxylic acids is 1. The van der Waals surface area contributed by atoms with Crippen molar-refractivity contribution in [1.29, 1.82) is 0 Å². The van der Waals surface area contributed by atoms with Gasteiger partial charge in [0.15, 0.2) is 0 Å². The summed E-state index contributed by atoms with van der Waals surface area (Å²) in [6, 6.07) is 5.93. The molecule has 0 amide bonds. The summed E-state index contributed by atoms with van der Waals surface area (Å²) in [5, 5.41) is 0.642. The summed E-state index contributed by atoms with van der Waals surface area (Å²) in [7, 11) is 1.48. The molecular weight excluding hydrogens is 224 g/mol. The number of benzene rings is 1. The lowest BCUT2D eigenvalue weighted by Gasteiger charge is -2.07. The van der Waals surface area contributed by atoms with Crippen LogP contribution < -0.4 is 15.1 Å². The number of esters is 1. The SMILES string of the molecule is COc1cc(OC(C)=O)cc2oc(=O)ccc12. The molecule has 1 heterocycles. The van der Waals surface area contributed by atoms with Crippen LogP contribution in [0.15, 0.2) is 33.5 Å². The van der Waals surface area contributed by atoms with Gasteiger partial charge >= 0.3 is 11.6 Å². The highest BCUT2D eigenvalue weighted by molar-refractivity contribution is 5.85. The van der Waals surface area contributed by atoms with E-state index in [2.05, 4.69) is 0 Å². The van der Waals surface area contributed by atoms with Gasteiger partial charge in [0.1, 0.15) is 17.1 Å². The highest BCUT2D eigenvalue weighted by Gasteiger charge is 2.09. The van der Waals surface area contributed by atoms with Crippen LogP contribution in [0, 0.1) is 0 Å². The van der Waals surface area contributed by atoms with Gasteiger partial charge in [-0.25, -0.2) is 4.79 Å². The van der Waals surface area contributed by atoms with Gasteiger partial charge in [-0.3, -0.25) is 4.79 Å². The molecule has 1 aromatic carbocycles. The van der Waals surface area contributed by atoms with Gasteiger partial charge in [-0.2, -0.15) is 0 Å². The molecule has 88 valence electrons. The van der Waals surface area contributed by atoms with Gasteiger partial charge in [0.25, 0.3) is 0 Å². The molecule has 0 saturated carbocycles.